The van der Waals surface area contributed by atoms with Crippen LogP contribution in [0, 0.1) is 0 Å². The number of ketones is 1. The molecule has 0 saturated heterocycles. The third-order valence-corrected chi connectivity index (χ3v) is 6.55. The highest BCUT2D eigenvalue weighted by Crippen LogP contribution is 2.32. The Hall–Kier alpha value is -4.06. The van der Waals surface area contributed by atoms with E-state index in [9.17, 15) is 9.59 Å². The van der Waals surface area contributed by atoms with Crippen LogP contribution in [-0.4, -0.2) is 30.9 Å². The van der Waals surface area contributed by atoms with E-state index in [4.69, 9.17) is 9.47 Å². The van der Waals surface area contributed by atoms with Gasteiger partial charge in [-0.3, -0.25) is 9.59 Å². The fourth-order valence-corrected chi connectivity index (χ4v) is 4.53. The summed E-state index contributed by atoms with van der Waals surface area (Å²) in [6.07, 6.45) is 5.79. The molecule has 0 spiro atoms. The fourth-order valence-electron chi connectivity index (χ4n) is 4.53. The quantitative estimate of drug-likeness (QED) is 0.180. The highest BCUT2D eigenvalue weighted by atomic mass is 16.5. The van der Waals surface area contributed by atoms with Gasteiger partial charge in [0.25, 0.3) is 5.91 Å². The number of hydrogen-bond donors (Lipinski definition) is 2. The Balaban J connectivity index is 1.42. The zero-order valence-electron chi connectivity index (χ0n) is 22.6. The van der Waals surface area contributed by atoms with Gasteiger partial charge in [-0.05, 0) is 92.9 Å². The van der Waals surface area contributed by atoms with Crippen LogP contribution < -0.4 is 20.1 Å². The van der Waals surface area contributed by atoms with Crippen molar-refractivity contribution in [3.63, 3.8) is 0 Å². The van der Waals surface area contributed by atoms with E-state index in [2.05, 4.69) is 37.5 Å². The van der Waals surface area contributed by atoms with Crippen LogP contribution in [0.15, 0.2) is 72.8 Å². The lowest BCUT2D eigenvalue weighted by atomic mass is 9.85. The normalized spacial score (nSPS) is 14.8. The first-order chi connectivity index (χ1) is 18.3. The summed E-state index contributed by atoms with van der Waals surface area (Å²) in [7, 11) is 1.63. The van der Waals surface area contributed by atoms with Crippen molar-refractivity contribution in [1.29, 1.82) is 0 Å². The van der Waals surface area contributed by atoms with Crippen molar-refractivity contribution >= 4 is 23.1 Å². The van der Waals surface area contributed by atoms with Crippen LogP contribution in [0.1, 0.15) is 71.9 Å². The molecule has 2 N–H and O–H groups in total. The Kier molecular flexibility index (Phi) is 8.52. The lowest BCUT2D eigenvalue weighted by molar-refractivity contribution is 0.102. The molecule has 6 heteroatoms. The molecule has 0 aliphatic carbocycles. The summed E-state index contributed by atoms with van der Waals surface area (Å²) in [5, 5.41) is 6.38. The van der Waals surface area contributed by atoms with Gasteiger partial charge < -0.3 is 20.1 Å². The molecule has 1 heterocycles. The minimum absolute atomic E-state index is 0.119. The molecule has 0 bridgehead atoms. The van der Waals surface area contributed by atoms with Gasteiger partial charge in [0, 0.05) is 39.7 Å². The molecule has 6 nitrogen and oxygen atoms in total. The van der Waals surface area contributed by atoms with Crippen LogP contribution in [0.5, 0.6) is 11.5 Å². The summed E-state index contributed by atoms with van der Waals surface area (Å²) in [6, 6.07) is 20.0. The maximum Gasteiger partial charge on any atom is 0.255 e. The third-order valence-electron chi connectivity index (χ3n) is 6.55. The first kappa shape index (κ1) is 27.0. The Labute approximate surface area is 225 Å². The van der Waals surface area contributed by atoms with Crippen LogP contribution in [-0.2, 0) is 6.42 Å². The van der Waals surface area contributed by atoms with Gasteiger partial charge in [-0.25, -0.2) is 0 Å². The van der Waals surface area contributed by atoms with Crippen LogP contribution >= 0.6 is 0 Å². The Morgan fingerprint density at radius 2 is 1.63 bits per heavy atom. The molecular formula is C32H36N2O4. The third kappa shape index (κ3) is 6.82. The molecule has 0 aromatic heterocycles. The molecule has 38 heavy (non-hydrogen) atoms. The minimum Gasteiger partial charge on any atom is -0.497 e. The Morgan fingerprint density at radius 3 is 2.32 bits per heavy atom. The van der Waals surface area contributed by atoms with Gasteiger partial charge in [-0.2, -0.15) is 0 Å². The van der Waals surface area contributed by atoms with Gasteiger partial charge in [0.2, 0.25) is 0 Å². The zero-order chi connectivity index (χ0) is 27.1. The molecule has 3 aromatic carbocycles. The van der Waals surface area contributed by atoms with E-state index in [0.717, 1.165) is 48.4 Å². The van der Waals surface area contributed by atoms with Gasteiger partial charge in [-0.15, -0.1) is 0 Å². The lowest BCUT2D eigenvalue weighted by Gasteiger charge is -2.35. The number of carbonyl (C=O) groups is 2. The summed E-state index contributed by atoms with van der Waals surface area (Å²) in [4.78, 5) is 25.8. The van der Waals surface area contributed by atoms with Crippen LogP contribution in [0.4, 0.5) is 5.69 Å². The summed E-state index contributed by atoms with van der Waals surface area (Å²) >= 11 is 0. The highest BCUT2D eigenvalue weighted by molar-refractivity contribution is 6.09. The van der Waals surface area contributed by atoms with Gasteiger partial charge in [0.1, 0.15) is 11.5 Å². The molecule has 4 rings (SSSR count). The fraction of sp³-hybridized carbons (Fsp3) is 0.312. The van der Waals surface area contributed by atoms with E-state index in [1.165, 1.54) is 5.56 Å². The molecule has 1 aliphatic heterocycles. The van der Waals surface area contributed by atoms with Crippen molar-refractivity contribution in [3.8, 4) is 11.5 Å². The van der Waals surface area contributed by atoms with E-state index in [-0.39, 0.29) is 17.2 Å². The predicted molar refractivity (Wildman–Crippen MR) is 152 cm³/mol. The SMILES string of the molecule is CCCCCOc1ccc(C(=O)Nc2ccc(C(=O)C=C3NC(C)(C)Cc4ccc(OC)cc43)cc2)cc1. The number of unbranched alkanes of at least 4 members (excludes halogenated alkanes) is 2. The number of fused-ring (bicyclic) bond motifs is 1. The highest BCUT2D eigenvalue weighted by Gasteiger charge is 2.28. The lowest BCUT2D eigenvalue weighted by Crippen LogP contribution is -2.43. The number of ether oxygens (including phenoxy) is 2. The maximum atomic E-state index is 13.1. The molecule has 0 radical (unpaired) electrons. The first-order valence-corrected chi connectivity index (χ1v) is 13.1. The van der Waals surface area contributed by atoms with Crippen molar-refractivity contribution in [2.24, 2.45) is 0 Å². The second-order valence-electron chi connectivity index (χ2n) is 10.2. The van der Waals surface area contributed by atoms with Crippen molar-refractivity contribution in [2.45, 2.75) is 52.0 Å². The minimum atomic E-state index is -0.220. The summed E-state index contributed by atoms with van der Waals surface area (Å²) in [5.74, 6) is 1.17. The van der Waals surface area contributed by atoms with Gasteiger partial charge >= 0.3 is 0 Å². The maximum absolute atomic E-state index is 13.1. The average molecular weight is 513 g/mol. The molecule has 198 valence electrons. The summed E-state index contributed by atoms with van der Waals surface area (Å²) in [5.41, 5.74) is 4.43. The number of allylic oxidation sites excluding steroid dienone is 1. The van der Waals surface area contributed by atoms with Crippen LogP contribution in [0.25, 0.3) is 5.70 Å². The summed E-state index contributed by atoms with van der Waals surface area (Å²) < 4.78 is 11.1. The van der Waals surface area contributed by atoms with E-state index >= 15 is 0 Å². The van der Waals surface area contributed by atoms with Gasteiger partial charge in [-0.1, -0.05) is 25.8 Å². The summed E-state index contributed by atoms with van der Waals surface area (Å²) in [6.45, 7) is 7.06. The second kappa shape index (κ2) is 12.0. The van der Waals surface area contributed by atoms with E-state index in [1.807, 2.05) is 24.3 Å². The molecule has 1 aliphatic rings. The van der Waals surface area contributed by atoms with E-state index in [0.29, 0.717) is 23.4 Å². The average Bonchev–Trinajstić information content (AvgIpc) is 2.91. The largest absolute Gasteiger partial charge is 0.497 e. The number of benzene rings is 3. The van der Waals surface area contributed by atoms with Crippen LogP contribution in [0.3, 0.4) is 0 Å². The predicted octanol–water partition coefficient (Wildman–Crippen LogP) is 6.66. The van der Waals surface area contributed by atoms with E-state index in [1.54, 1.807) is 49.6 Å². The number of carbonyl (C=O) groups excluding carboxylic acids is 2. The Morgan fingerprint density at radius 1 is 0.947 bits per heavy atom. The molecule has 0 fully saturated rings. The van der Waals surface area contributed by atoms with Crippen molar-refractivity contribution in [1.82, 2.24) is 5.32 Å². The Bertz CT molecular complexity index is 1310. The molecule has 1 amide bonds. The number of nitrogens with one attached hydrogen (secondary N) is 2. The number of rotatable bonds is 10. The number of amides is 1. The van der Waals surface area contributed by atoms with Crippen molar-refractivity contribution in [3.05, 3.63) is 95.1 Å². The molecule has 0 saturated carbocycles. The topological polar surface area (TPSA) is 76.7 Å². The monoisotopic (exact) mass is 512 g/mol. The second-order valence-corrected chi connectivity index (χ2v) is 10.2. The number of hydrogen-bond acceptors (Lipinski definition) is 5. The van der Waals surface area contributed by atoms with Crippen molar-refractivity contribution in [2.75, 3.05) is 19.0 Å². The molecule has 0 unspecified atom stereocenters. The van der Waals surface area contributed by atoms with Gasteiger partial charge in [0.05, 0.1) is 13.7 Å². The zero-order valence-corrected chi connectivity index (χ0v) is 22.6. The standard InChI is InChI=1S/C32H36N2O4/c1-5-6-7-18-38-26-15-10-23(11-16-26)31(36)33-25-13-8-22(9-14-25)30(35)20-29-28-19-27(37-4)17-12-24(28)21-32(2,3)34-29/h8-17,19-20,34H,5-7,18,21H2,1-4H3,(H,33,36). The van der Waals surface area contributed by atoms with Crippen LogP contribution in [0.2, 0.25) is 0 Å². The smallest absolute Gasteiger partial charge is 0.255 e. The van der Waals surface area contributed by atoms with E-state index < -0.39 is 0 Å². The number of methoxy groups -OCH3 is 1. The van der Waals surface area contributed by atoms with Crippen molar-refractivity contribution < 1.29 is 19.1 Å². The first-order valence-electron chi connectivity index (χ1n) is 13.1. The molecular weight excluding hydrogens is 476 g/mol. The molecule has 3 aromatic rings. The molecule has 0 atom stereocenters. The van der Waals surface area contributed by atoms with Gasteiger partial charge in [0.15, 0.2) is 5.78 Å². The number of anilines is 1.